The first-order valence-corrected chi connectivity index (χ1v) is 5.39. The van der Waals surface area contributed by atoms with E-state index in [9.17, 15) is 5.11 Å². The molecule has 0 saturated carbocycles. The van der Waals surface area contributed by atoms with Crippen LogP contribution in [0.4, 0.5) is 0 Å². The molecule has 0 heterocycles. The molecule has 1 unspecified atom stereocenters. The van der Waals surface area contributed by atoms with Gasteiger partial charge in [0.25, 0.3) is 0 Å². The molecule has 1 atom stereocenters. The van der Waals surface area contributed by atoms with Crippen LogP contribution in [0.2, 0.25) is 0 Å². The molecule has 0 radical (unpaired) electrons. The molecule has 0 aromatic heterocycles. The van der Waals surface area contributed by atoms with E-state index in [2.05, 4.69) is 0 Å². The lowest BCUT2D eigenvalue weighted by molar-refractivity contribution is 0.101. The van der Waals surface area contributed by atoms with Crippen LogP contribution in [0, 0.1) is 13.8 Å². The maximum atomic E-state index is 10.2. The topological polar surface area (TPSA) is 55.5 Å². The number of aryl methyl sites for hydroxylation is 2. The molecular formula is C13H21NO2. The average molecular weight is 223 g/mol. The molecule has 0 aliphatic heterocycles. The third-order valence-corrected chi connectivity index (χ3v) is 2.65. The van der Waals surface area contributed by atoms with E-state index in [1.165, 1.54) is 0 Å². The first kappa shape index (κ1) is 13.0. The molecule has 3 nitrogen and oxygen atoms in total. The summed E-state index contributed by atoms with van der Waals surface area (Å²) in [5.74, 6) is 0.719. The van der Waals surface area contributed by atoms with Gasteiger partial charge in [0.15, 0.2) is 0 Å². The van der Waals surface area contributed by atoms with Crippen LogP contribution < -0.4 is 10.5 Å². The molecule has 3 heteroatoms. The Morgan fingerprint density at radius 3 is 2.31 bits per heavy atom. The van der Waals surface area contributed by atoms with E-state index in [1.54, 1.807) is 21.0 Å². The lowest BCUT2D eigenvalue weighted by Crippen LogP contribution is -2.39. The Balaban J connectivity index is 3.31. The van der Waals surface area contributed by atoms with E-state index in [0.717, 1.165) is 22.4 Å². The van der Waals surface area contributed by atoms with E-state index in [4.69, 9.17) is 10.5 Å². The summed E-state index contributed by atoms with van der Waals surface area (Å²) in [6, 6.07) is 3.95. The minimum absolute atomic E-state index is 0.687. The van der Waals surface area contributed by atoms with Crippen LogP contribution in [0.1, 0.15) is 36.6 Å². The summed E-state index contributed by atoms with van der Waals surface area (Å²) in [7, 11) is 1.61. The van der Waals surface area contributed by atoms with Crippen molar-refractivity contribution in [3.05, 3.63) is 28.8 Å². The standard InChI is InChI=1S/C13H21NO2/c1-8-6-9(2)11(16-5)10(7-8)12(15)13(3,4)14/h6-7,12,15H,14H2,1-5H3. The van der Waals surface area contributed by atoms with E-state index in [-0.39, 0.29) is 0 Å². The summed E-state index contributed by atoms with van der Waals surface area (Å²) in [5, 5.41) is 10.2. The van der Waals surface area contributed by atoms with Gasteiger partial charge in [0, 0.05) is 11.1 Å². The fraction of sp³-hybridized carbons (Fsp3) is 0.538. The number of hydrogen-bond acceptors (Lipinski definition) is 3. The molecule has 0 amide bonds. The van der Waals surface area contributed by atoms with Gasteiger partial charge in [-0.2, -0.15) is 0 Å². The van der Waals surface area contributed by atoms with Crippen molar-refractivity contribution in [2.24, 2.45) is 5.73 Å². The summed E-state index contributed by atoms with van der Waals surface area (Å²) in [6.07, 6.45) is -0.735. The zero-order chi connectivity index (χ0) is 12.5. The fourth-order valence-electron chi connectivity index (χ4n) is 1.87. The highest BCUT2D eigenvalue weighted by molar-refractivity contribution is 5.45. The van der Waals surface area contributed by atoms with Gasteiger partial charge in [0.1, 0.15) is 5.75 Å². The lowest BCUT2D eigenvalue weighted by Gasteiger charge is -2.28. The molecular weight excluding hydrogens is 202 g/mol. The molecule has 3 N–H and O–H groups in total. The fourth-order valence-corrected chi connectivity index (χ4v) is 1.87. The van der Waals surface area contributed by atoms with Crippen molar-refractivity contribution in [3.8, 4) is 5.75 Å². The number of methoxy groups -OCH3 is 1. The number of nitrogens with two attached hydrogens (primary N) is 1. The monoisotopic (exact) mass is 223 g/mol. The largest absolute Gasteiger partial charge is 0.496 e. The maximum Gasteiger partial charge on any atom is 0.127 e. The van der Waals surface area contributed by atoms with Crippen LogP contribution >= 0.6 is 0 Å². The van der Waals surface area contributed by atoms with Crippen molar-refractivity contribution < 1.29 is 9.84 Å². The Kier molecular flexibility index (Phi) is 3.61. The van der Waals surface area contributed by atoms with E-state index < -0.39 is 11.6 Å². The summed E-state index contributed by atoms with van der Waals surface area (Å²) in [5.41, 5.74) is 8.11. The second-order valence-electron chi connectivity index (χ2n) is 4.93. The third-order valence-electron chi connectivity index (χ3n) is 2.65. The first-order valence-electron chi connectivity index (χ1n) is 5.39. The van der Waals surface area contributed by atoms with E-state index >= 15 is 0 Å². The number of aliphatic hydroxyl groups excluding tert-OH is 1. The Morgan fingerprint density at radius 2 is 1.88 bits per heavy atom. The van der Waals surface area contributed by atoms with Crippen molar-refractivity contribution in [2.75, 3.05) is 7.11 Å². The molecule has 1 aromatic rings. The number of hydrogen-bond donors (Lipinski definition) is 2. The summed E-state index contributed by atoms with van der Waals surface area (Å²) in [4.78, 5) is 0. The molecule has 0 fully saturated rings. The van der Waals surface area contributed by atoms with Gasteiger partial charge < -0.3 is 15.6 Å². The minimum atomic E-state index is -0.735. The molecule has 0 spiro atoms. The predicted molar refractivity (Wildman–Crippen MR) is 65.7 cm³/mol. The van der Waals surface area contributed by atoms with Gasteiger partial charge in [0.05, 0.1) is 13.2 Å². The van der Waals surface area contributed by atoms with Gasteiger partial charge in [-0.1, -0.05) is 11.6 Å². The normalized spacial score (nSPS) is 13.7. The quantitative estimate of drug-likeness (QED) is 0.825. The average Bonchev–Trinajstić information content (AvgIpc) is 2.14. The second kappa shape index (κ2) is 4.44. The second-order valence-corrected chi connectivity index (χ2v) is 4.93. The molecule has 16 heavy (non-hydrogen) atoms. The lowest BCUT2D eigenvalue weighted by atomic mass is 9.90. The Labute approximate surface area is 97.2 Å². The SMILES string of the molecule is COc1c(C)cc(C)cc1C(O)C(C)(C)N. The summed E-state index contributed by atoms with van der Waals surface area (Å²) >= 11 is 0. The Morgan fingerprint density at radius 1 is 1.31 bits per heavy atom. The van der Waals surface area contributed by atoms with Gasteiger partial charge in [-0.15, -0.1) is 0 Å². The van der Waals surface area contributed by atoms with Crippen LogP contribution in [-0.4, -0.2) is 17.8 Å². The zero-order valence-corrected chi connectivity index (χ0v) is 10.7. The zero-order valence-electron chi connectivity index (χ0n) is 10.7. The van der Waals surface area contributed by atoms with Gasteiger partial charge >= 0.3 is 0 Å². The van der Waals surface area contributed by atoms with Crippen molar-refractivity contribution in [1.29, 1.82) is 0 Å². The molecule has 1 aromatic carbocycles. The first-order chi connectivity index (χ1) is 7.27. The highest BCUT2D eigenvalue weighted by atomic mass is 16.5. The highest BCUT2D eigenvalue weighted by Gasteiger charge is 2.27. The summed E-state index contributed by atoms with van der Waals surface area (Å²) in [6.45, 7) is 7.56. The van der Waals surface area contributed by atoms with Crippen LogP contribution in [0.3, 0.4) is 0 Å². The number of rotatable bonds is 3. The number of benzene rings is 1. The number of aliphatic hydroxyl groups is 1. The Hall–Kier alpha value is -1.06. The van der Waals surface area contributed by atoms with Gasteiger partial charge in [0.2, 0.25) is 0 Å². The smallest absolute Gasteiger partial charge is 0.127 e. The van der Waals surface area contributed by atoms with Crippen LogP contribution in [0.15, 0.2) is 12.1 Å². The van der Waals surface area contributed by atoms with Crippen molar-refractivity contribution in [1.82, 2.24) is 0 Å². The van der Waals surface area contributed by atoms with Crippen molar-refractivity contribution in [3.63, 3.8) is 0 Å². The van der Waals surface area contributed by atoms with Crippen LogP contribution in [0.5, 0.6) is 5.75 Å². The molecule has 0 aliphatic carbocycles. The van der Waals surface area contributed by atoms with Gasteiger partial charge in [-0.25, -0.2) is 0 Å². The Bertz CT molecular complexity index is 380. The minimum Gasteiger partial charge on any atom is -0.496 e. The molecule has 0 saturated heterocycles. The van der Waals surface area contributed by atoms with Crippen LogP contribution in [-0.2, 0) is 0 Å². The third kappa shape index (κ3) is 2.54. The van der Waals surface area contributed by atoms with E-state index in [1.807, 2.05) is 26.0 Å². The number of ether oxygens (including phenoxy) is 1. The van der Waals surface area contributed by atoms with E-state index in [0.29, 0.717) is 0 Å². The molecule has 0 aliphatic rings. The maximum absolute atomic E-state index is 10.2. The van der Waals surface area contributed by atoms with Crippen molar-refractivity contribution >= 4 is 0 Å². The highest BCUT2D eigenvalue weighted by Crippen LogP contribution is 2.34. The van der Waals surface area contributed by atoms with Crippen LogP contribution in [0.25, 0.3) is 0 Å². The van der Waals surface area contributed by atoms with Gasteiger partial charge in [-0.05, 0) is 39.3 Å². The van der Waals surface area contributed by atoms with Gasteiger partial charge in [-0.3, -0.25) is 0 Å². The van der Waals surface area contributed by atoms with Crippen molar-refractivity contribution in [2.45, 2.75) is 39.3 Å². The molecule has 1 rings (SSSR count). The molecule has 0 bridgehead atoms. The summed E-state index contributed by atoms with van der Waals surface area (Å²) < 4.78 is 5.33. The molecule has 90 valence electrons. The predicted octanol–water partition coefficient (Wildman–Crippen LogP) is 2.08.